The van der Waals surface area contributed by atoms with Gasteiger partial charge in [0.05, 0.1) is 5.69 Å². The number of anilines is 4. The van der Waals surface area contributed by atoms with Gasteiger partial charge in [-0.3, -0.25) is 10.1 Å². The van der Waals surface area contributed by atoms with Gasteiger partial charge in [-0.25, -0.2) is 4.98 Å². The molecule has 1 aromatic carbocycles. The molecule has 1 aliphatic carbocycles. The quantitative estimate of drug-likeness (QED) is 0.523. The normalized spacial score (nSPS) is 16.6. The molecule has 0 atom stereocenters. The van der Waals surface area contributed by atoms with Crippen molar-refractivity contribution in [2.45, 2.75) is 29.8 Å². The lowest BCUT2D eigenvalue weighted by molar-refractivity contribution is -0.117. The third-order valence-electron chi connectivity index (χ3n) is 5.51. The topological polar surface area (TPSA) is 99.2 Å². The second kappa shape index (κ2) is 9.62. The van der Waals surface area contributed by atoms with Crippen molar-refractivity contribution in [1.29, 1.82) is 0 Å². The van der Waals surface area contributed by atoms with E-state index in [2.05, 4.69) is 42.4 Å². The summed E-state index contributed by atoms with van der Waals surface area (Å²) >= 11 is 3.00. The predicted molar refractivity (Wildman–Crippen MR) is 132 cm³/mol. The summed E-state index contributed by atoms with van der Waals surface area (Å²) in [4.78, 5) is 36.0. The number of amides is 1. The molecule has 0 unspecified atom stereocenters. The number of piperazine rings is 1. The highest BCUT2D eigenvalue weighted by Gasteiger charge is 2.29. The fraction of sp³-hybridized carbons (Fsp3) is 0.409. The Bertz CT molecular complexity index is 1120. The number of thiazole rings is 1. The summed E-state index contributed by atoms with van der Waals surface area (Å²) in [5.41, 5.74) is 1.77. The number of nitrogens with zero attached hydrogens (tertiary/aromatic N) is 6. The molecule has 1 amide bonds. The molecule has 3 aromatic rings. The minimum atomic E-state index is 0.109. The van der Waals surface area contributed by atoms with Crippen LogP contribution in [0.3, 0.4) is 0 Å². The third-order valence-corrected chi connectivity index (χ3v) is 7.25. The smallest absolute Gasteiger partial charge is 0.234 e. The minimum absolute atomic E-state index is 0.109. The summed E-state index contributed by atoms with van der Waals surface area (Å²) < 4.78 is 0. The van der Waals surface area contributed by atoms with Gasteiger partial charge in [-0.15, -0.1) is 11.3 Å². The van der Waals surface area contributed by atoms with Crippen LogP contribution in [-0.2, 0) is 4.79 Å². The lowest BCUT2D eigenvalue weighted by Gasteiger charge is -2.32. The van der Waals surface area contributed by atoms with Crippen LogP contribution >= 0.6 is 23.1 Å². The predicted octanol–water partition coefficient (Wildman–Crippen LogP) is 3.63. The first kappa shape index (κ1) is 22.1. The van der Waals surface area contributed by atoms with Crippen LogP contribution in [0, 0.1) is 12.8 Å². The van der Waals surface area contributed by atoms with Crippen molar-refractivity contribution >= 4 is 51.7 Å². The molecule has 0 bridgehead atoms. The Balaban J connectivity index is 1.35. The Morgan fingerprint density at radius 1 is 1.06 bits per heavy atom. The summed E-state index contributed by atoms with van der Waals surface area (Å²) in [7, 11) is 2.13. The molecule has 2 aliphatic rings. The van der Waals surface area contributed by atoms with E-state index >= 15 is 0 Å². The number of carbonyl (C=O) groups is 1. The van der Waals surface area contributed by atoms with E-state index in [1.54, 1.807) is 0 Å². The van der Waals surface area contributed by atoms with Crippen LogP contribution in [0.15, 0.2) is 39.7 Å². The maximum Gasteiger partial charge on any atom is 0.234 e. The number of aromatic nitrogens is 4. The first-order chi connectivity index (χ1) is 16.0. The highest BCUT2D eigenvalue weighted by atomic mass is 32.2. The maximum absolute atomic E-state index is 12.0. The standard InChI is InChI=1S/C22H26N8OS2/c1-14-13-32-21(23-14)26-19-25-20(30-11-9-29(2)10-12-30)28-22(27-19)33-17-7-5-16(6-8-17)24-18(31)15-3-4-15/h5-8,13,15H,3-4,9-12H2,1-2H3,(H,24,31)(H,23,25,26,27,28). The fourth-order valence-corrected chi connectivity index (χ4v) is 4.83. The summed E-state index contributed by atoms with van der Waals surface area (Å²) in [6, 6.07) is 7.79. The molecule has 3 heterocycles. The summed E-state index contributed by atoms with van der Waals surface area (Å²) in [6.07, 6.45) is 1.98. The van der Waals surface area contributed by atoms with Gasteiger partial charge in [0.2, 0.25) is 17.8 Å². The van der Waals surface area contributed by atoms with Gasteiger partial charge in [-0.1, -0.05) is 0 Å². The van der Waals surface area contributed by atoms with Crippen molar-refractivity contribution in [2.75, 3.05) is 48.8 Å². The van der Waals surface area contributed by atoms with E-state index in [1.165, 1.54) is 23.1 Å². The molecule has 9 nitrogen and oxygen atoms in total. The van der Waals surface area contributed by atoms with Crippen LogP contribution in [0.1, 0.15) is 18.5 Å². The molecular weight excluding hydrogens is 456 g/mol. The number of rotatable bonds is 7. The van der Waals surface area contributed by atoms with Crippen molar-refractivity contribution in [1.82, 2.24) is 24.8 Å². The summed E-state index contributed by atoms with van der Waals surface area (Å²) in [5.74, 6) is 1.46. The zero-order valence-electron chi connectivity index (χ0n) is 18.6. The largest absolute Gasteiger partial charge is 0.338 e. The van der Waals surface area contributed by atoms with Crippen LogP contribution in [-0.4, -0.2) is 64.0 Å². The van der Waals surface area contributed by atoms with E-state index < -0.39 is 0 Å². The number of benzene rings is 1. The van der Waals surface area contributed by atoms with Gasteiger partial charge < -0.3 is 15.1 Å². The lowest BCUT2D eigenvalue weighted by atomic mass is 10.3. The number of likely N-dealkylation sites (N-methyl/N-ethyl adjacent to an activating group) is 1. The lowest BCUT2D eigenvalue weighted by Crippen LogP contribution is -2.45. The molecule has 0 radical (unpaired) electrons. The average Bonchev–Trinajstić information content (AvgIpc) is 3.58. The van der Waals surface area contributed by atoms with Gasteiger partial charge >= 0.3 is 0 Å². The van der Waals surface area contributed by atoms with Gasteiger partial charge in [-0.2, -0.15) is 15.0 Å². The second-order valence-corrected chi connectivity index (χ2v) is 10.2. The van der Waals surface area contributed by atoms with E-state index in [4.69, 9.17) is 4.98 Å². The van der Waals surface area contributed by atoms with Gasteiger partial charge in [0, 0.05) is 48.1 Å². The van der Waals surface area contributed by atoms with E-state index in [0.717, 1.165) is 60.4 Å². The molecule has 5 rings (SSSR count). The Hall–Kier alpha value is -2.76. The molecule has 172 valence electrons. The Kier molecular flexibility index (Phi) is 6.43. The van der Waals surface area contributed by atoms with E-state index in [0.29, 0.717) is 17.1 Å². The van der Waals surface area contributed by atoms with Gasteiger partial charge in [-0.05, 0) is 62.8 Å². The van der Waals surface area contributed by atoms with Crippen LogP contribution in [0.25, 0.3) is 0 Å². The Morgan fingerprint density at radius 2 is 1.82 bits per heavy atom. The number of carbonyl (C=O) groups excluding carboxylic acids is 1. The van der Waals surface area contributed by atoms with Crippen molar-refractivity contribution in [3.63, 3.8) is 0 Å². The van der Waals surface area contributed by atoms with Crippen molar-refractivity contribution in [3.8, 4) is 0 Å². The van der Waals surface area contributed by atoms with Crippen LogP contribution in [0.4, 0.5) is 22.7 Å². The van der Waals surface area contributed by atoms with E-state index in [9.17, 15) is 4.79 Å². The first-order valence-corrected chi connectivity index (χ1v) is 12.7. The van der Waals surface area contributed by atoms with Crippen molar-refractivity contribution in [3.05, 3.63) is 35.3 Å². The second-order valence-electron chi connectivity index (χ2n) is 8.34. The summed E-state index contributed by atoms with van der Waals surface area (Å²) in [6.45, 7) is 5.64. The minimum Gasteiger partial charge on any atom is -0.338 e. The van der Waals surface area contributed by atoms with Crippen molar-refractivity contribution in [2.24, 2.45) is 5.92 Å². The Morgan fingerprint density at radius 3 is 2.48 bits per heavy atom. The molecule has 2 aromatic heterocycles. The molecule has 1 saturated carbocycles. The highest BCUT2D eigenvalue weighted by Crippen LogP contribution is 2.32. The van der Waals surface area contributed by atoms with Crippen LogP contribution < -0.4 is 15.5 Å². The zero-order valence-corrected chi connectivity index (χ0v) is 20.2. The number of hydrogen-bond acceptors (Lipinski definition) is 10. The van der Waals surface area contributed by atoms with E-state index in [1.807, 2.05) is 36.6 Å². The SMILES string of the molecule is Cc1csc(Nc2nc(Sc3ccc(NC(=O)C4CC4)cc3)nc(N3CCN(C)CC3)n2)n1. The summed E-state index contributed by atoms with van der Waals surface area (Å²) in [5, 5.41) is 9.57. The zero-order chi connectivity index (χ0) is 22.8. The average molecular weight is 483 g/mol. The fourth-order valence-electron chi connectivity index (χ4n) is 3.40. The molecule has 11 heteroatoms. The highest BCUT2D eigenvalue weighted by molar-refractivity contribution is 7.99. The Labute approximate surface area is 201 Å². The molecule has 1 saturated heterocycles. The molecular formula is C22H26N8OS2. The number of hydrogen-bond donors (Lipinski definition) is 2. The van der Waals surface area contributed by atoms with E-state index in [-0.39, 0.29) is 11.8 Å². The van der Waals surface area contributed by atoms with Crippen LogP contribution in [0.2, 0.25) is 0 Å². The monoisotopic (exact) mass is 482 g/mol. The number of nitrogens with one attached hydrogen (secondary N) is 2. The van der Waals surface area contributed by atoms with Crippen LogP contribution in [0.5, 0.6) is 0 Å². The molecule has 33 heavy (non-hydrogen) atoms. The number of aryl methyl sites for hydroxylation is 1. The maximum atomic E-state index is 12.0. The van der Waals surface area contributed by atoms with Gasteiger partial charge in [0.25, 0.3) is 0 Å². The molecule has 2 N–H and O–H groups in total. The van der Waals surface area contributed by atoms with Crippen molar-refractivity contribution < 1.29 is 4.79 Å². The van der Waals surface area contributed by atoms with Gasteiger partial charge in [0.1, 0.15) is 0 Å². The molecule has 2 fully saturated rings. The third kappa shape index (κ3) is 5.79. The van der Waals surface area contributed by atoms with Gasteiger partial charge in [0.15, 0.2) is 10.3 Å². The first-order valence-electron chi connectivity index (χ1n) is 11.0. The molecule has 1 aliphatic heterocycles. The molecule has 0 spiro atoms.